The van der Waals surface area contributed by atoms with E-state index in [9.17, 15) is 4.79 Å². The maximum Gasteiger partial charge on any atom is 0.153 e. The summed E-state index contributed by atoms with van der Waals surface area (Å²) < 4.78 is 0. The highest BCUT2D eigenvalue weighted by Crippen LogP contribution is 2.15. The van der Waals surface area contributed by atoms with Gasteiger partial charge in [0.2, 0.25) is 0 Å². The number of hydrogen-bond acceptors (Lipinski definition) is 4. The molecule has 5 heteroatoms. The van der Waals surface area contributed by atoms with Gasteiger partial charge in [0.15, 0.2) is 6.29 Å². The van der Waals surface area contributed by atoms with Crippen molar-refractivity contribution in [1.82, 2.24) is 15.0 Å². The second kappa shape index (κ2) is 2.86. The number of aromatic nitrogens is 3. The Kier molecular flexibility index (Phi) is 1.71. The maximum atomic E-state index is 10.5. The van der Waals surface area contributed by atoms with E-state index in [1.807, 2.05) is 5.38 Å². The van der Waals surface area contributed by atoms with Crippen LogP contribution in [0.1, 0.15) is 10.4 Å². The Morgan fingerprint density at radius 1 is 1.33 bits per heavy atom. The van der Waals surface area contributed by atoms with Gasteiger partial charge in [0, 0.05) is 10.8 Å². The van der Waals surface area contributed by atoms with Gasteiger partial charge in [0.25, 0.3) is 0 Å². The fraction of sp³-hybridized carbons (Fsp3) is 0. The van der Waals surface area contributed by atoms with E-state index >= 15 is 0 Å². The minimum Gasteiger partial charge on any atom is -0.298 e. The van der Waals surface area contributed by atoms with Crippen LogP contribution in [0.15, 0.2) is 23.2 Å². The Bertz CT molecular complexity index is 379. The summed E-state index contributed by atoms with van der Waals surface area (Å²) in [4.78, 5) is 12.0. The number of carbonyl (C=O) groups is 1. The molecule has 0 unspecified atom stereocenters. The summed E-state index contributed by atoms with van der Waals surface area (Å²) in [7, 11) is 0. The van der Waals surface area contributed by atoms with E-state index in [2.05, 4.69) is 10.2 Å². The molecule has 2 rings (SSSR count). The van der Waals surface area contributed by atoms with E-state index in [1.54, 1.807) is 17.8 Å². The maximum absolute atomic E-state index is 10.5. The van der Waals surface area contributed by atoms with Crippen LogP contribution < -0.4 is 0 Å². The summed E-state index contributed by atoms with van der Waals surface area (Å²) in [5.74, 6) is 0. The molecular formula is C7H5N3OS. The lowest BCUT2D eigenvalue weighted by molar-refractivity contribution is 0.112. The number of hydrogen-bond donors (Lipinski definition) is 0. The Balaban J connectivity index is 2.53. The average molecular weight is 179 g/mol. The lowest BCUT2D eigenvalue weighted by Crippen LogP contribution is -1.99. The smallest absolute Gasteiger partial charge is 0.153 e. The van der Waals surface area contributed by atoms with Crippen LogP contribution in [-0.2, 0) is 0 Å². The molecule has 0 saturated carbocycles. The van der Waals surface area contributed by atoms with Crippen molar-refractivity contribution in [3.63, 3.8) is 0 Å². The van der Waals surface area contributed by atoms with E-state index in [0.29, 0.717) is 5.56 Å². The molecule has 12 heavy (non-hydrogen) atoms. The summed E-state index contributed by atoms with van der Waals surface area (Å²) in [6.45, 7) is 0. The summed E-state index contributed by atoms with van der Waals surface area (Å²) in [5, 5.41) is 11.4. The number of carbonyl (C=O) groups excluding carboxylic acids is 1. The molecule has 4 nitrogen and oxygen atoms in total. The van der Waals surface area contributed by atoms with Gasteiger partial charge in [-0.25, -0.2) is 0 Å². The summed E-state index contributed by atoms with van der Waals surface area (Å²) in [5.41, 5.74) is 1.36. The molecule has 0 aliphatic rings. The molecule has 2 aromatic heterocycles. The Hall–Kier alpha value is -1.49. The van der Waals surface area contributed by atoms with Gasteiger partial charge in [0.1, 0.15) is 5.69 Å². The highest BCUT2D eigenvalue weighted by Gasteiger charge is 2.04. The van der Waals surface area contributed by atoms with Crippen molar-refractivity contribution in [3.05, 3.63) is 28.7 Å². The topological polar surface area (TPSA) is 47.8 Å². The van der Waals surface area contributed by atoms with Crippen LogP contribution in [0.25, 0.3) is 5.69 Å². The van der Waals surface area contributed by atoms with Gasteiger partial charge < -0.3 is 0 Å². The zero-order valence-corrected chi connectivity index (χ0v) is 6.86. The first kappa shape index (κ1) is 7.17. The predicted octanol–water partition coefficient (Wildman–Crippen LogP) is 1.14. The van der Waals surface area contributed by atoms with Crippen molar-refractivity contribution in [3.8, 4) is 5.69 Å². The lowest BCUT2D eigenvalue weighted by Gasteiger charge is -1.94. The van der Waals surface area contributed by atoms with Crippen LogP contribution in [0.2, 0.25) is 0 Å². The van der Waals surface area contributed by atoms with Crippen LogP contribution in [0.5, 0.6) is 0 Å². The Labute approximate surface area is 72.5 Å². The van der Waals surface area contributed by atoms with E-state index in [1.165, 1.54) is 16.1 Å². The normalized spacial score (nSPS) is 10.0. The van der Waals surface area contributed by atoms with E-state index in [4.69, 9.17) is 0 Å². The van der Waals surface area contributed by atoms with Crippen molar-refractivity contribution in [2.45, 2.75) is 0 Å². The first-order valence-electron chi connectivity index (χ1n) is 3.30. The molecule has 0 fully saturated rings. The summed E-state index contributed by atoms with van der Waals surface area (Å²) in [6.07, 6.45) is 3.95. The van der Waals surface area contributed by atoms with Gasteiger partial charge in [-0.05, 0) is 0 Å². The molecule has 0 saturated heterocycles. The van der Waals surface area contributed by atoms with Crippen LogP contribution >= 0.6 is 11.3 Å². The standard InChI is InChI=1S/C7H5N3OS/c11-3-6-4-12-5-7(6)10-8-1-2-9-10/h1-5H. The second-order valence-electron chi connectivity index (χ2n) is 2.15. The van der Waals surface area contributed by atoms with E-state index in [-0.39, 0.29) is 0 Å². The third-order valence-corrected chi connectivity index (χ3v) is 2.18. The molecule has 0 aliphatic heterocycles. The van der Waals surface area contributed by atoms with E-state index < -0.39 is 0 Å². The van der Waals surface area contributed by atoms with Crippen molar-refractivity contribution in [2.75, 3.05) is 0 Å². The van der Waals surface area contributed by atoms with Crippen molar-refractivity contribution >= 4 is 17.6 Å². The summed E-state index contributed by atoms with van der Waals surface area (Å²) in [6, 6.07) is 0. The fourth-order valence-corrected chi connectivity index (χ4v) is 1.64. The fourth-order valence-electron chi connectivity index (χ4n) is 0.891. The molecule has 0 amide bonds. The SMILES string of the molecule is O=Cc1cscc1-n1nccn1. The molecule has 2 heterocycles. The first-order chi connectivity index (χ1) is 5.92. The van der Waals surface area contributed by atoms with Gasteiger partial charge in [-0.15, -0.1) is 11.3 Å². The Morgan fingerprint density at radius 2 is 2.08 bits per heavy atom. The number of nitrogens with zero attached hydrogens (tertiary/aromatic N) is 3. The molecule has 2 aromatic rings. The van der Waals surface area contributed by atoms with Gasteiger partial charge >= 0.3 is 0 Å². The zero-order valence-electron chi connectivity index (χ0n) is 6.04. The van der Waals surface area contributed by atoms with Gasteiger partial charge in [-0.2, -0.15) is 15.0 Å². The molecule has 0 aliphatic carbocycles. The minimum absolute atomic E-state index is 0.621. The minimum atomic E-state index is 0.621. The Morgan fingerprint density at radius 3 is 2.75 bits per heavy atom. The molecule has 0 spiro atoms. The van der Waals surface area contributed by atoms with Gasteiger partial charge in [-0.1, -0.05) is 0 Å². The largest absolute Gasteiger partial charge is 0.298 e. The molecule has 0 atom stereocenters. The third kappa shape index (κ3) is 1.04. The first-order valence-corrected chi connectivity index (χ1v) is 4.24. The molecule has 0 aromatic carbocycles. The zero-order chi connectivity index (χ0) is 8.39. The van der Waals surface area contributed by atoms with Crippen LogP contribution in [-0.4, -0.2) is 21.3 Å². The monoisotopic (exact) mass is 179 g/mol. The average Bonchev–Trinajstić information content (AvgIpc) is 2.74. The molecular weight excluding hydrogens is 174 g/mol. The van der Waals surface area contributed by atoms with Crippen molar-refractivity contribution in [1.29, 1.82) is 0 Å². The highest BCUT2D eigenvalue weighted by atomic mass is 32.1. The van der Waals surface area contributed by atoms with Crippen LogP contribution in [0.4, 0.5) is 0 Å². The van der Waals surface area contributed by atoms with Crippen molar-refractivity contribution < 1.29 is 4.79 Å². The van der Waals surface area contributed by atoms with Crippen molar-refractivity contribution in [2.24, 2.45) is 0 Å². The molecule has 0 radical (unpaired) electrons. The van der Waals surface area contributed by atoms with E-state index in [0.717, 1.165) is 12.0 Å². The quantitative estimate of drug-likeness (QED) is 0.649. The highest BCUT2D eigenvalue weighted by molar-refractivity contribution is 7.08. The lowest BCUT2D eigenvalue weighted by atomic mass is 10.3. The number of thiophene rings is 1. The second-order valence-corrected chi connectivity index (χ2v) is 2.89. The third-order valence-electron chi connectivity index (χ3n) is 1.43. The van der Waals surface area contributed by atoms with Gasteiger partial charge in [-0.3, -0.25) is 4.79 Å². The molecule has 0 bridgehead atoms. The van der Waals surface area contributed by atoms with Crippen LogP contribution in [0, 0.1) is 0 Å². The number of rotatable bonds is 2. The van der Waals surface area contributed by atoms with Gasteiger partial charge in [0.05, 0.1) is 18.0 Å². The van der Waals surface area contributed by atoms with Crippen LogP contribution in [0.3, 0.4) is 0 Å². The molecule has 60 valence electrons. The summed E-state index contributed by atoms with van der Waals surface area (Å²) >= 11 is 1.46. The number of aldehydes is 1. The molecule has 0 N–H and O–H groups in total. The predicted molar refractivity (Wildman–Crippen MR) is 44.6 cm³/mol.